The van der Waals surface area contributed by atoms with Gasteiger partial charge in [0.05, 0.1) is 4.92 Å². The molecule has 0 bridgehead atoms. The van der Waals surface area contributed by atoms with Gasteiger partial charge in [0.25, 0.3) is 17.5 Å². The topological polar surface area (TPSA) is 101 Å². The van der Waals surface area contributed by atoms with Gasteiger partial charge in [0.15, 0.2) is 0 Å². The third kappa shape index (κ3) is 2.02. The maximum Gasteiger partial charge on any atom is 0.278 e. The zero-order chi connectivity index (χ0) is 14.3. The number of amides is 2. The molecule has 98 valence electrons. The predicted molar refractivity (Wildman–Crippen MR) is 66.0 cm³/mol. The van der Waals surface area contributed by atoms with Gasteiger partial charge < -0.3 is 5.11 Å². The summed E-state index contributed by atoms with van der Waals surface area (Å²) in [4.78, 5) is 33.8. The molecule has 0 aromatic heterocycles. The van der Waals surface area contributed by atoms with Crippen LogP contribution in [0, 0.1) is 10.1 Å². The molecule has 0 aliphatic carbocycles. The van der Waals surface area contributed by atoms with Gasteiger partial charge in [-0.2, -0.15) is 0 Å². The summed E-state index contributed by atoms with van der Waals surface area (Å²) in [5.41, 5.74) is -0.745. The van der Waals surface area contributed by atoms with E-state index in [1.807, 2.05) is 0 Å². The fourth-order valence-electron chi connectivity index (χ4n) is 1.50. The number of imide groups is 1. The van der Waals surface area contributed by atoms with Crippen LogP contribution in [0.1, 0.15) is 0 Å². The third-order valence-electron chi connectivity index (χ3n) is 2.39. The van der Waals surface area contributed by atoms with E-state index < -0.39 is 38.2 Å². The Morgan fingerprint density at radius 2 is 1.68 bits per heavy atom. The normalized spacial score (nSPS) is 15.4. The number of nitro groups is 1. The average Bonchev–Trinajstić information content (AvgIpc) is 2.55. The van der Waals surface area contributed by atoms with E-state index in [1.165, 1.54) is 0 Å². The Morgan fingerprint density at radius 1 is 1.16 bits per heavy atom. The molecule has 0 atom stereocenters. The first-order valence-electron chi connectivity index (χ1n) is 4.76. The first-order valence-corrected chi connectivity index (χ1v) is 5.51. The minimum absolute atomic E-state index is 0.349. The van der Waals surface area contributed by atoms with Crippen LogP contribution >= 0.6 is 23.2 Å². The first kappa shape index (κ1) is 13.3. The second-order valence-electron chi connectivity index (χ2n) is 3.50. The fourth-order valence-corrected chi connectivity index (χ4v) is 1.83. The standard InChI is InChI=1S/C10H4Cl2N2O5/c11-7-8(12)10(17)13(9(7)16)5-3-4(14(18)19)1-2-6(5)15/h1-3,15H. The molecule has 1 aliphatic heterocycles. The number of non-ortho nitro benzene ring substituents is 1. The number of phenolic OH excluding ortho intramolecular Hbond substituents is 1. The molecule has 0 spiro atoms. The highest BCUT2D eigenvalue weighted by molar-refractivity contribution is 6.62. The maximum absolute atomic E-state index is 11.7. The molecule has 2 amide bonds. The van der Waals surface area contributed by atoms with Gasteiger partial charge in [0.2, 0.25) is 0 Å². The number of nitrogens with zero attached hydrogens (tertiary/aromatic N) is 2. The van der Waals surface area contributed by atoms with E-state index in [1.54, 1.807) is 0 Å². The van der Waals surface area contributed by atoms with Crippen molar-refractivity contribution in [3.63, 3.8) is 0 Å². The van der Waals surface area contributed by atoms with Crippen molar-refractivity contribution in [3.8, 4) is 5.75 Å². The summed E-state index contributed by atoms with van der Waals surface area (Å²) in [5, 5.41) is 19.3. The largest absolute Gasteiger partial charge is 0.506 e. The number of rotatable bonds is 2. The van der Waals surface area contributed by atoms with Gasteiger partial charge in [-0.05, 0) is 6.07 Å². The van der Waals surface area contributed by atoms with Crippen molar-refractivity contribution in [2.45, 2.75) is 0 Å². The van der Waals surface area contributed by atoms with E-state index in [0.29, 0.717) is 4.90 Å². The van der Waals surface area contributed by atoms with E-state index in [0.717, 1.165) is 18.2 Å². The van der Waals surface area contributed by atoms with Crippen LogP contribution in [0.15, 0.2) is 28.3 Å². The molecule has 0 unspecified atom stereocenters. The summed E-state index contributed by atoms with van der Waals surface area (Å²) in [5.74, 6) is -2.39. The highest BCUT2D eigenvalue weighted by Gasteiger charge is 2.39. The Morgan fingerprint density at radius 3 is 2.16 bits per heavy atom. The Labute approximate surface area is 115 Å². The number of phenols is 1. The SMILES string of the molecule is O=C1C(Cl)=C(Cl)C(=O)N1c1cc([N+](=O)[O-])ccc1O. The number of benzene rings is 1. The second kappa shape index (κ2) is 4.52. The van der Waals surface area contributed by atoms with E-state index in [4.69, 9.17) is 23.2 Å². The lowest BCUT2D eigenvalue weighted by atomic mass is 10.2. The number of nitro benzene ring substituents is 1. The summed E-state index contributed by atoms with van der Waals surface area (Å²) in [6.07, 6.45) is 0. The van der Waals surface area contributed by atoms with E-state index in [2.05, 4.69) is 0 Å². The number of anilines is 1. The molecule has 9 heteroatoms. The summed E-state index contributed by atoms with van der Waals surface area (Å²) < 4.78 is 0. The minimum atomic E-state index is -0.951. The molecule has 1 aromatic carbocycles. The Bertz CT molecular complexity index is 631. The van der Waals surface area contributed by atoms with Crippen molar-refractivity contribution in [1.82, 2.24) is 0 Å². The molecule has 0 fully saturated rings. The van der Waals surface area contributed by atoms with Crippen LogP contribution in [0.3, 0.4) is 0 Å². The summed E-state index contributed by atoms with van der Waals surface area (Å²) >= 11 is 11.1. The minimum Gasteiger partial charge on any atom is -0.506 e. The number of halogens is 2. The molecular formula is C10H4Cl2N2O5. The van der Waals surface area contributed by atoms with Crippen molar-refractivity contribution >= 4 is 46.4 Å². The molecule has 1 heterocycles. The number of hydrogen-bond donors (Lipinski definition) is 1. The molecule has 0 radical (unpaired) electrons. The van der Waals surface area contributed by atoms with E-state index >= 15 is 0 Å². The zero-order valence-corrected chi connectivity index (χ0v) is 10.5. The number of aromatic hydroxyl groups is 1. The van der Waals surface area contributed by atoms with Gasteiger partial charge in [-0.15, -0.1) is 0 Å². The van der Waals surface area contributed by atoms with Gasteiger partial charge in [-0.1, -0.05) is 23.2 Å². The van der Waals surface area contributed by atoms with Crippen LogP contribution < -0.4 is 4.90 Å². The molecule has 1 N–H and O–H groups in total. The molecule has 1 aliphatic rings. The van der Waals surface area contributed by atoms with Crippen LogP contribution in [0.2, 0.25) is 0 Å². The molecule has 0 saturated carbocycles. The molecule has 7 nitrogen and oxygen atoms in total. The van der Waals surface area contributed by atoms with Gasteiger partial charge in [-0.3, -0.25) is 19.7 Å². The Balaban J connectivity index is 2.55. The molecule has 0 saturated heterocycles. The maximum atomic E-state index is 11.7. The number of carbonyl (C=O) groups is 2. The molecular weight excluding hydrogens is 299 g/mol. The quantitative estimate of drug-likeness (QED) is 0.510. The Hall–Kier alpha value is -2.12. The van der Waals surface area contributed by atoms with Crippen molar-refractivity contribution in [1.29, 1.82) is 0 Å². The Kier molecular flexibility index (Phi) is 3.17. The van der Waals surface area contributed by atoms with Crippen molar-refractivity contribution in [2.24, 2.45) is 0 Å². The molecule has 1 aromatic rings. The smallest absolute Gasteiger partial charge is 0.278 e. The van der Waals surface area contributed by atoms with Crippen LogP contribution in [0.4, 0.5) is 11.4 Å². The van der Waals surface area contributed by atoms with Crippen LogP contribution in [-0.2, 0) is 9.59 Å². The first-order chi connectivity index (χ1) is 8.84. The lowest BCUT2D eigenvalue weighted by Crippen LogP contribution is -2.31. The average molecular weight is 303 g/mol. The molecule has 2 rings (SSSR count). The number of hydrogen-bond acceptors (Lipinski definition) is 5. The van der Waals surface area contributed by atoms with Gasteiger partial charge in [0, 0.05) is 12.1 Å². The fraction of sp³-hybridized carbons (Fsp3) is 0. The number of carbonyl (C=O) groups excluding carboxylic acids is 2. The van der Waals surface area contributed by atoms with Gasteiger partial charge >= 0.3 is 0 Å². The predicted octanol–water partition coefficient (Wildman–Crippen LogP) is 1.86. The second-order valence-corrected chi connectivity index (χ2v) is 4.26. The van der Waals surface area contributed by atoms with Crippen LogP contribution in [-0.4, -0.2) is 21.8 Å². The molecule has 19 heavy (non-hydrogen) atoms. The van der Waals surface area contributed by atoms with Crippen LogP contribution in [0.5, 0.6) is 5.75 Å². The summed E-state index contributed by atoms with van der Waals surface area (Å²) in [6, 6.07) is 2.90. The van der Waals surface area contributed by atoms with Crippen molar-refractivity contribution in [2.75, 3.05) is 4.90 Å². The highest BCUT2D eigenvalue weighted by Crippen LogP contribution is 2.37. The van der Waals surface area contributed by atoms with Gasteiger partial charge in [0.1, 0.15) is 21.5 Å². The lowest BCUT2D eigenvalue weighted by molar-refractivity contribution is -0.384. The highest BCUT2D eigenvalue weighted by atomic mass is 35.5. The van der Waals surface area contributed by atoms with Crippen LogP contribution in [0.25, 0.3) is 0 Å². The van der Waals surface area contributed by atoms with E-state index in [-0.39, 0.29) is 5.69 Å². The van der Waals surface area contributed by atoms with Crippen molar-refractivity contribution in [3.05, 3.63) is 38.4 Å². The summed E-state index contributed by atoms with van der Waals surface area (Å²) in [7, 11) is 0. The van der Waals surface area contributed by atoms with Gasteiger partial charge in [-0.25, -0.2) is 4.90 Å². The van der Waals surface area contributed by atoms with E-state index in [9.17, 15) is 24.8 Å². The zero-order valence-electron chi connectivity index (χ0n) is 8.96. The third-order valence-corrected chi connectivity index (χ3v) is 3.18. The summed E-state index contributed by atoms with van der Waals surface area (Å²) in [6.45, 7) is 0. The lowest BCUT2D eigenvalue weighted by Gasteiger charge is -2.15. The van der Waals surface area contributed by atoms with Crippen molar-refractivity contribution < 1.29 is 19.6 Å². The monoisotopic (exact) mass is 302 g/mol.